The van der Waals surface area contributed by atoms with Crippen LogP contribution < -0.4 is 4.90 Å². The summed E-state index contributed by atoms with van der Waals surface area (Å²) in [7, 11) is 0. The second-order valence-corrected chi connectivity index (χ2v) is 6.02. The molecule has 1 fully saturated rings. The average Bonchev–Trinajstić information content (AvgIpc) is 2.58. The Morgan fingerprint density at radius 1 is 1.04 bits per heavy atom. The van der Waals surface area contributed by atoms with Crippen molar-refractivity contribution in [3.63, 3.8) is 0 Å². The molecule has 2 aromatic rings. The Labute approximate surface area is 141 Å². The molecule has 0 aliphatic carbocycles. The summed E-state index contributed by atoms with van der Waals surface area (Å²) in [5.41, 5.74) is 1.13. The Kier molecular flexibility index (Phi) is 5.33. The minimum atomic E-state index is 0.197. The van der Waals surface area contributed by atoms with Crippen LogP contribution in [0.4, 0.5) is 5.82 Å². The van der Waals surface area contributed by atoms with Crippen molar-refractivity contribution in [3.05, 3.63) is 53.2 Å². The normalized spacial score (nSPS) is 15.8. The number of piperazine rings is 1. The number of hydrogen-bond acceptors (Lipinski definition) is 5. The fourth-order valence-corrected chi connectivity index (χ4v) is 2.67. The Bertz CT molecular complexity index is 608. The molecule has 0 unspecified atom stereocenters. The smallest absolute Gasteiger partial charge is 0.134 e. The number of benzene rings is 1. The van der Waals surface area contributed by atoms with E-state index in [0.29, 0.717) is 13.3 Å². The summed E-state index contributed by atoms with van der Waals surface area (Å²) in [4.78, 5) is 8.75. The fraction of sp³-hybridized carbons (Fsp3) is 0.353. The molecule has 3 rings (SSSR count). The number of anilines is 1. The summed E-state index contributed by atoms with van der Waals surface area (Å²) in [6.45, 7) is 4.90. The number of nitrogens with zero attached hydrogens (tertiary/aromatic N) is 3. The molecule has 0 atom stereocenters. The molecule has 5 nitrogen and oxygen atoms in total. The lowest BCUT2D eigenvalue weighted by atomic mass is 10.2. The van der Waals surface area contributed by atoms with Crippen LogP contribution in [0.5, 0.6) is 5.75 Å². The number of halogens is 1. The predicted octanol–water partition coefficient (Wildman–Crippen LogP) is 2.74. The number of ether oxygens (including phenoxy) is 1. The Balaban J connectivity index is 1.40. The zero-order valence-electron chi connectivity index (χ0n) is 12.9. The maximum Gasteiger partial charge on any atom is 0.134 e. The highest BCUT2D eigenvalue weighted by atomic mass is 35.5. The van der Waals surface area contributed by atoms with Gasteiger partial charge >= 0.3 is 0 Å². The maximum atomic E-state index is 9.29. The van der Waals surface area contributed by atoms with Crippen molar-refractivity contribution in [2.75, 3.05) is 37.8 Å². The third-order valence-electron chi connectivity index (χ3n) is 3.88. The molecule has 1 aliphatic rings. The van der Waals surface area contributed by atoms with Crippen molar-refractivity contribution >= 4 is 17.4 Å². The molecule has 122 valence electrons. The van der Waals surface area contributed by atoms with Crippen LogP contribution >= 0.6 is 11.6 Å². The number of hydrogen-bond donors (Lipinski definition) is 1. The third-order valence-corrected chi connectivity index (χ3v) is 4.14. The van der Waals surface area contributed by atoms with Crippen LogP contribution in [0, 0.1) is 0 Å². The molecule has 0 radical (unpaired) electrons. The lowest BCUT2D eigenvalue weighted by Gasteiger charge is -2.35. The lowest BCUT2D eigenvalue weighted by molar-refractivity contribution is 0.0160. The van der Waals surface area contributed by atoms with E-state index in [2.05, 4.69) is 14.8 Å². The molecule has 6 heteroatoms. The Morgan fingerprint density at radius 3 is 2.43 bits per heavy atom. The Hall–Kier alpha value is -1.82. The molecule has 2 heterocycles. The summed E-state index contributed by atoms with van der Waals surface area (Å²) >= 11 is 5.87. The number of pyridine rings is 1. The first-order valence-corrected chi connectivity index (χ1v) is 8.03. The highest BCUT2D eigenvalue weighted by Crippen LogP contribution is 2.16. The quantitative estimate of drug-likeness (QED) is 0.911. The summed E-state index contributed by atoms with van der Waals surface area (Å²) in [5.74, 6) is 1.10. The predicted molar refractivity (Wildman–Crippen MR) is 90.8 cm³/mol. The van der Waals surface area contributed by atoms with Crippen molar-refractivity contribution in [3.8, 4) is 5.75 Å². The first kappa shape index (κ1) is 16.1. The SMILES string of the molecule is Oc1ccc(N2CCN(COCc3ccc(Cl)cc3)CC2)nc1. The Morgan fingerprint density at radius 2 is 1.78 bits per heavy atom. The van der Waals surface area contributed by atoms with E-state index in [1.807, 2.05) is 30.3 Å². The molecule has 0 amide bonds. The minimum Gasteiger partial charge on any atom is -0.506 e. The summed E-state index contributed by atoms with van der Waals surface area (Å²) < 4.78 is 5.77. The second-order valence-electron chi connectivity index (χ2n) is 5.58. The third kappa shape index (κ3) is 4.58. The van der Waals surface area contributed by atoms with Gasteiger partial charge in [0, 0.05) is 31.2 Å². The zero-order chi connectivity index (χ0) is 16.1. The van der Waals surface area contributed by atoms with Crippen LogP contribution in [0.3, 0.4) is 0 Å². The van der Waals surface area contributed by atoms with E-state index in [9.17, 15) is 5.11 Å². The van der Waals surface area contributed by atoms with Gasteiger partial charge in [-0.15, -0.1) is 0 Å². The minimum absolute atomic E-state index is 0.197. The van der Waals surface area contributed by atoms with Crippen molar-refractivity contribution < 1.29 is 9.84 Å². The first-order chi connectivity index (χ1) is 11.2. The van der Waals surface area contributed by atoms with Gasteiger partial charge in [-0.3, -0.25) is 4.90 Å². The van der Waals surface area contributed by atoms with Gasteiger partial charge in [0.25, 0.3) is 0 Å². The molecule has 23 heavy (non-hydrogen) atoms. The molecule has 1 aliphatic heterocycles. The van der Waals surface area contributed by atoms with Gasteiger partial charge in [0.1, 0.15) is 11.6 Å². The molecular formula is C17H20ClN3O2. The van der Waals surface area contributed by atoms with Crippen LogP contribution in [0.25, 0.3) is 0 Å². The van der Waals surface area contributed by atoms with Gasteiger partial charge in [0.2, 0.25) is 0 Å². The van der Waals surface area contributed by atoms with Crippen molar-refractivity contribution in [1.82, 2.24) is 9.88 Å². The largest absolute Gasteiger partial charge is 0.506 e. The maximum absolute atomic E-state index is 9.29. The van der Waals surface area contributed by atoms with E-state index < -0.39 is 0 Å². The van der Waals surface area contributed by atoms with Crippen molar-refractivity contribution in [2.45, 2.75) is 6.61 Å². The lowest BCUT2D eigenvalue weighted by Crippen LogP contribution is -2.47. The topological polar surface area (TPSA) is 48.8 Å². The average molecular weight is 334 g/mol. The van der Waals surface area contributed by atoms with Gasteiger partial charge in [0.05, 0.1) is 19.5 Å². The summed E-state index contributed by atoms with van der Waals surface area (Å²) in [6.07, 6.45) is 1.48. The molecule has 1 aromatic heterocycles. The van der Waals surface area contributed by atoms with Crippen molar-refractivity contribution in [1.29, 1.82) is 0 Å². The van der Waals surface area contributed by atoms with Gasteiger partial charge < -0.3 is 14.7 Å². The van der Waals surface area contributed by atoms with Crippen LogP contribution in [-0.4, -0.2) is 47.9 Å². The van der Waals surface area contributed by atoms with Gasteiger partial charge in [-0.05, 0) is 29.8 Å². The molecule has 0 saturated carbocycles. The van der Waals surface area contributed by atoms with E-state index in [0.717, 1.165) is 42.6 Å². The summed E-state index contributed by atoms with van der Waals surface area (Å²) in [6, 6.07) is 11.2. The highest BCUT2D eigenvalue weighted by molar-refractivity contribution is 6.30. The molecule has 1 saturated heterocycles. The first-order valence-electron chi connectivity index (χ1n) is 7.65. The van der Waals surface area contributed by atoms with Crippen LogP contribution in [0.1, 0.15) is 5.56 Å². The number of aromatic nitrogens is 1. The van der Waals surface area contributed by atoms with Crippen molar-refractivity contribution in [2.24, 2.45) is 0 Å². The van der Waals surface area contributed by atoms with Crippen LogP contribution in [-0.2, 0) is 11.3 Å². The number of aromatic hydroxyl groups is 1. The van der Waals surface area contributed by atoms with Gasteiger partial charge in [-0.25, -0.2) is 4.98 Å². The molecule has 1 aromatic carbocycles. The summed E-state index contributed by atoms with van der Waals surface area (Å²) in [5, 5.41) is 10.0. The van der Waals surface area contributed by atoms with E-state index in [1.165, 1.54) is 6.20 Å². The molecule has 0 spiro atoms. The molecule has 0 bridgehead atoms. The van der Waals surface area contributed by atoms with E-state index in [4.69, 9.17) is 16.3 Å². The second kappa shape index (κ2) is 7.64. The molecular weight excluding hydrogens is 314 g/mol. The molecule has 1 N–H and O–H groups in total. The van der Waals surface area contributed by atoms with E-state index in [1.54, 1.807) is 6.07 Å². The monoisotopic (exact) mass is 333 g/mol. The van der Waals surface area contributed by atoms with E-state index in [-0.39, 0.29) is 5.75 Å². The van der Waals surface area contributed by atoms with Crippen LogP contribution in [0.15, 0.2) is 42.6 Å². The van der Waals surface area contributed by atoms with E-state index >= 15 is 0 Å². The standard InChI is InChI=1S/C17H20ClN3O2/c18-15-3-1-14(2-4-15)12-23-13-20-7-9-21(10-8-20)17-6-5-16(22)11-19-17/h1-6,11,22H,7-10,12-13H2. The highest BCUT2D eigenvalue weighted by Gasteiger charge is 2.17. The van der Waals surface area contributed by atoms with Gasteiger partial charge in [0.15, 0.2) is 0 Å². The van der Waals surface area contributed by atoms with Gasteiger partial charge in [-0.1, -0.05) is 23.7 Å². The zero-order valence-corrected chi connectivity index (χ0v) is 13.6. The van der Waals surface area contributed by atoms with Gasteiger partial charge in [-0.2, -0.15) is 0 Å². The fourth-order valence-electron chi connectivity index (χ4n) is 2.54. The number of rotatable bonds is 5. The van der Waals surface area contributed by atoms with Crippen LogP contribution in [0.2, 0.25) is 5.02 Å².